The molecule has 2 N–H and O–H groups in total. The molecule has 1 aromatic heterocycles. The van der Waals surface area contributed by atoms with Crippen LogP contribution in [0.3, 0.4) is 0 Å². The minimum Gasteiger partial charge on any atom is -0.368 e. The van der Waals surface area contributed by atoms with E-state index in [1.54, 1.807) is 6.20 Å². The molecule has 0 bridgehead atoms. The van der Waals surface area contributed by atoms with Crippen molar-refractivity contribution in [3.8, 4) is 0 Å². The summed E-state index contributed by atoms with van der Waals surface area (Å²) in [6.07, 6.45) is -1.34. The molecule has 1 fully saturated rings. The van der Waals surface area contributed by atoms with Gasteiger partial charge in [-0.3, -0.25) is 4.79 Å². The first-order valence-electron chi connectivity index (χ1n) is 12.5. The zero-order valence-electron chi connectivity index (χ0n) is 21.3. The number of nitrogens with zero attached hydrogens (tertiary/aromatic N) is 4. The smallest absolute Gasteiger partial charge is 0.368 e. The summed E-state index contributed by atoms with van der Waals surface area (Å²) in [6, 6.07) is 11.9. The molecule has 4 rings (SSSR count). The second-order valence-corrected chi connectivity index (χ2v) is 10.0. The van der Waals surface area contributed by atoms with E-state index in [2.05, 4.69) is 38.9 Å². The Balaban J connectivity index is 1.46. The average Bonchev–Trinajstić information content (AvgIpc) is 3.43. The maximum Gasteiger partial charge on any atom is 0.416 e. The summed E-state index contributed by atoms with van der Waals surface area (Å²) in [5, 5.41) is 4.10. The molecule has 0 saturated carbocycles. The fourth-order valence-corrected chi connectivity index (χ4v) is 4.46. The van der Waals surface area contributed by atoms with E-state index in [-0.39, 0.29) is 12.1 Å². The summed E-state index contributed by atoms with van der Waals surface area (Å²) in [5.41, 5.74) is 1.73. The molecule has 3 aromatic rings. The Labute approximate surface area is 225 Å². The highest BCUT2D eigenvalue weighted by molar-refractivity contribution is 7.80. The maximum absolute atomic E-state index is 13.4. The average molecular weight is 545 g/mol. The standard InChI is InChI=1S/C27H31F3N6OS/c1-19(2)15-32-26(38)35-13-11-34(12-14-35)23-7-9-24(10-8-23)36(17-22-16-31-18-33-22)25(37)20-3-5-21(6-4-20)27(28,29)30/h3-10,16,18-19H,11-15,17H2,1-2H3,(H,31,33)(H,32,38). The lowest BCUT2D eigenvalue weighted by Crippen LogP contribution is -2.52. The molecule has 2 aromatic carbocycles. The normalized spacial score (nSPS) is 14.1. The van der Waals surface area contributed by atoms with Crippen LogP contribution in [0, 0.1) is 5.92 Å². The first kappa shape index (κ1) is 27.4. The van der Waals surface area contributed by atoms with Crippen molar-refractivity contribution < 1.29 is 18.0 Å². The quantitative estimate of drug-likeness (QED) is 0.412. The zero-order valence-corrected chi connectivity index (χ0v) is 22.1. The molecular weight excluding hydrogens is 513 g/mol. The Morgan fingerprint density at radius 1 is 1.08 bits per heavy atom. The summed E-state index contributed by atoms with van der Waals surface area (Å²) >= 11 is 5.53. The number of rotatable bonds is 7. The third-order valence-electron chi connectivity index (χ3n) is 6.34. The van der Waals surface area contributed by atoms with Gasteiger partial charge in [0, 0.05) is 55.9 Å². The third kappa shape index (κ3) is 6.83. The van der Waals surface area contributed by atoms with Crippen LogP contribution in [-0.2, 0) is 12.7 Å². The molecule has 202 valence electrons. The van der Waals surface area contributed by atoms with Crippen molar-refractivity contribution in [3.05, 3.63) is 77.9 Å². The lowest BCUT2D eigenvalue weighted by Gasteiger charge is -2.37. The maximum atomic E-state index is 13.4. The number of alkyl halides is 3. The van der Waals surface area contributed by atoms with Crippen LogP contribution < -0.4 is 15.1 Å². The largest absolute Gasteiger partial charge is 0.416 e. The van der Waals surface area contributed by atoms with Gasteiger partial charge in [-0.15, -0.1) is 0 Å². The van der Waals surface area contributed by atoms with Gasteiger partial charge in [0.05, 0.1) is 24.1 Å². The van der Waals surface area contributed by atoms with Crippen molar-refractivity contribution in [1.29, 1.82) is 0 Å². The highest BCUT2D eigenvalue weighted by Gasteiger charge is 2.30. The Hall–Kier alpha value is -3.60. The SMILES string of the molecule is CC(C)CNC(=S)N1CCN(c2ccc(N(Cc3cnc[nH]3)C(=O)c3ccc(C(F)(F)F)cc3)cc2)CC1. The number of aromatic amines is 1. The van der Waals surface area contributed by atoms with Gasteiger partial charge < -0.3 is 25.0 Å². The molecule has 0 radical (unpaired) electrons. The van der Waals surface area contributed by atoms with E-state index < -0.39 is 17.6 Å². The lowest BCUT2D eigenvalue weighted by atomic mass is 10.1. The third-order valence-corrected chi connectivity index (χ3v) is 6.75. The number of aromatic nitrogens is 2. The van der Waals surface area contributed by atoms with Crippen molar-refractivity contribution in [2.75, 3.05) is 42.5 Å². The summed E-state index contributed by atoms with van der Waals surface area (Å²) in [4.78, 5) is 26.4. The van der Waals surface area contributed by atoms with E-state index >= 15 is 0 Å². The van der Waals surface area contributed by atoms with Crippen LogP contribution in [-0.4, -0.2) is 58.6 Å². The van der Waals surface area contributed by atoms with Gasteiger partial charge in [0.2, 0.25) is 0 Å². The number of anilines is 2. The number of imidazole rings is 1. The molecule has 7 nitrogen and oxygen atoms in total. The number of amides is 1. The lowest BCUT2D eigenvalue weighted by molar-refractivity contribution is -0.137. The second kappa shape index (κ2) is 11.8. The van der Waals surface area contributed by atoms with Crippen LogP contribution in [0.1, 0.15) is 35.5 Å². The topological polar surface area (TPSA) is 67.5 Å². The van der Waals surface area contributed by atoms with E-state index in [0.717, 1.165) is 55.7 Å². The molecule has 1 aliphatic rings. The Morgan fingerprint density at radius 2 is 1.74 bits per heavy atom. The molecule has 0 aliphatic carbocycles. The number of carbonyl (C=O) groups is 1. The highest BCUT2D eigenvalue weighted by atomic mass is 32.1. The van der Waals surface area contributed by atoms with Gasteiger partial charge in [0.15, 0.2) is 5.11 Å². The molecule has 11 heteroatoms. The van der Waals surface area contributed by atoms with Crippen molar-refractivity contribution in [2.24, 2.45) is 5.92 Å². The molecule has 1 aliphatic heterocycles. The minimum absolute atomic E-state index is 0.166. The Kier molecular flexibility index (Phi) is 8.55. The first-order valence-corrected chi connectivity index (χ1v) is 12.9. The number of thiocarbonyl (C=S) groups is 1. The number of piperazine rings is 1. The van der Waals surface area contributed by atoms with E-state index in [9.17, 15) is 18.0 Å². The molecule has 0 atom stereocenters. The van der Waals surface area contributed by atoms with Crippen LogP contribution in [0.5, 0.6) is 0 Å². The van der Waals surface area contributed by atoms with Gasteiger partial charge >= 0.3 is 6.18 Å². The molecule has 1 saturated heterocycles. The summed E-state index contributed by atoms with van der Waals surface area (Å²) < 4.78 is 39.0. The van der Waals surface area contributed by atoms with E-state index in [0.29, 0.717) is 17.3 Å². The summed E-state index contributed by atoms with van der Waals surface area (Å²) in [6.45, 7) is 8.57. The molecule has 38 heavy (non-hydrogen) atoms. The number of hydrogen-bond acceptors (Lipinski definition) is 4. The molecule has 0 spiro atoms. The Morgan fingerprint density at radius 3 is 2.29 bits per heavy atom. The van der Waals surface area contributed by atoms with Gasteiger partial charge in [-0.1, -0.05) is 13.8 Å². The van der Waals surface area contributed by atoms with Gasteiger partial charge in [0.1, 0.15) is 0 Å². The van der Waals surface area contributed by atoms with Crippen LogP contribution in [0.2, 0.25) is 0 Å². The van der Waals surface area contributed by atoms with Gasteiger partial charge in [-0.2, -0.15) is 13.2 Å². The van der Waals surface area contributed by atoms with Crippen molar-refractivity contribution in [2.45, 2.75) is 26.6 Å². The van der Waals surface area contributed by atoms with Gasteiger partial charge in [-0.05, 0) is 66.7 Å². The van der Waals surface area contributed by atoms with Gasteiger partial charge in [-0.25, -0.2) is 4.98 Å². The molecule has 2 heterocycles. The zero-order chi connectivity index (χ0) is 27.3. The predicted molar refractivity (Wildman–Crippen MR) is 146 cm³/mol. The monoisotopic (exact) mass is 544 g/mol. The van der Waals surface area contributed by atoms with Crippen molar-refractivity contribution in [1.82, 2.24) is 20.2 Å². The van der Waals surface area contributed by atoms with Crippen LogP contribution in [0.15, 0.2) is 61.1 Å². The number of hydrogen-bond donors (Lipinski definition) is 2. The molecule has 0 unspecified atom stereocenters. The summed E-state index contributed by atoms with van der Waals surface area (Å²) in [5.74, 6) is 0.115. The number of halogens is 3. The number of benzene rings is 2. The van der Waals surface area contributed by atoms with E-state index in [1.165, 1.54) is 23.4 Å². The summed E-state index contributed by atoms with van der Waals surface area (Å²) in [7, 11) is 0. The van der Waals surface area contributed by atoms with Crippen LogP contribution in [0.4, 0.5) is 24.5 Å². The Bertz CT molecular complexity index is 1210. The van der Waals surface area contributed by atoms with Crippen molar-refractivity contribution >= 4 is 34.6 Å². The van der Waals surface area contributed by atoms with Crippen LogP contribution >= 0.6 is 12.2 Å². The second-order valence-electron chi connectivity index (χ2n) is 9.61. The van der Waals surface area contributed by atoms with E-state index in [4.69, 9.17) is 12.2 Å². The number of carbonyl (C=O) groups excluding carboxylic acids is 1. The van der Waals surface area contributed by atoms with Gasteiger partial charge in [0.25, 0.3) is 5.91 Å². The fraction of sp³-hybridized carbons (Fsp3) is 0.370. The molecular formula is C27H31F3N6OS. The molecule has 1 amide bonds. The number of H-pyrrole nitrogens is 1. The van der Waals surface area contributed by atoms with E-state index in [1.807, 2.05) is 24.3 Å². The number of nitrogens with one attached hydrogen (secondary N) is 2. The first-order chi connectivity index (χ1) is 18.1. The van der Waals surface area contributed by atoms with Crippen molar-refractivity contribution in [3.63, 3.8) is 0 Å². The fourth-order valence-electron chi connectivity index (χ4n) is 4.19. The highest BCUT2D eigenvalue weighted by Crippen LogP contribution is 2.30. The minimum atomic E-state index is -4.46. The predicted octanol–water partition coefficient (Wildman–Crippen LogP) is 4.93. The van der Waals surface area contributed by atoms with Crippen LogP contribution in [0.25, 0.3) is 0 Å².